The number of fused-ring (bicyclic) bond motifs is 1. The van der Waals surface area contributed by atoms with E-state index in [1.807, 2.05) is 0 Å². The molecule has 1 heterocycles. The Hall–Kier alpha value is -2.55. The highest BCUT2D eigenvalue weighted by Crippen LogP contribution is 2.31. The molecule has 132 valence electrons. The molecule has 25 heavy (non-hydrogen) atoms. The Morgan fingerprint density at radius 2 is 1.64 bits per heavy atom. The fraction of sp³-hybridized carbons (Fsp3) is 0.188. The van der Waals surface area contributed by atoms with E-state index in [0.717, 1.165) is 4.57 Å². The molecule has 0 saturated carbocycles. The lowest BCUT2D eigenvalue weighted by atomic mass is 10.3. The quantitative estimate of drug-likeness (QED) is 0.646. The molecule has 0 radical (unpaired) electrons. The van der Waals surface area contributed by atoms with E-state index in [0.29, 0.717) is 0 Å². The molecule has 0 aliphatic carbocycles. The second kappa shape index (κ2) is 6.40. The van der Waals surface area contributed by atoms with Crippen LogP contribution in [0.15, 0.2) is 54.6 Å². The number of benzene rings is 2. The summed E-state index contributed by atoms with van der Waals surface area (Å²) in [5, 5.41) is 0. The van der Waals surface area contributed by atoms with E-state index in [-0.39, 0.29) is 16.8 Å². The Morgan fingerprint density at radius 1 is 1.00 bits per heavy atom. The number of hydrogen-bond donors (Lipinski definition) is 0. The molecule has 2 aromatic carbocycles. The summed E-state index contributed by atoms with van der Waals surface area (Å²) in [7, 11) is -4.06. The van der Waals surface area contributed by atoms with Crippen molar-refractivity contribution in [3.05, 3.63) is 60.4 Å². The van der Waals surface area contributed by atoms with E-state index in [1.165, 1.54) is 24.3 Å². The highest BCUT2D eigenvalue weighted by Gasteiger charge is 2.37. The van der Waals surface area contributed by atoms with Crippen LogP contribution in [-0.4, -0.2) is 23.7 Å². The molecule has 0 fully saturated rings. The molecule has 0 unspecified atom stereocenters. The Bertz CT molecular complexity index is 983. The zero-order valence-corrected chi connectivity index (χ0v) is 13.6. The minimum Gasteiger partial charge on any atom is -0.382 e. The zero-order valence-electron chi connectivity index (χ0n) is 12.8. The molecule has 9 heteroatoms. The van der Waals surface area contributed by atoms with E-state index in [1.54, 1.807) is 30.3 Å². The Morgan fingerprint density at radius 3 is 2.32 bits per heavy atom. The van der Waals surface area contributed by atoms with Gasteiger partial charge in [0.25, 0.3) is 0 Å². The van der Waals surface area contributed by atoms with Crippen molar-refractivity contribution < 1.29 is 25.8 Å². The van der Waals surface area contributed by atoms with E-state index in [2.05, 4.69) is 4.98 Å². The number of rotatable bonds is 5. The number of alkyl halides is 3. The average Bonchev–Trinajstić information content (AvgIpc) is 2.93. The normalized spacial score (nSPS) is 12.4. The first kappa shape index (κ1) is 17.3. The van der Waals surface area contributed by atoms with Crippen molar-refractivity contribution in [3.63, 3.8) is 0 Å². The van der Waals surface area contributed by atoms with Crippen LogP contribution >= 0.6 is 0 Å². The van der Waals surface area contributed by atoms with E-state index in [4.69, 9.17) is 4.18 Å². The van der Waals surface area contributed by atoms with Crippen molar-refractivity contribution in [2.75, 3.05) is 5.75 Å². The van der Waals surface area contributed by atoms with Crippen molar-refractivity contribution in [2.24, 2.45) is 0 Å². The fourth-order valence-electron chi connectivity index (χ4n) is 2.39. The van der Waals surface area contributed by atoms with Crippen molar-refractivity contribution in [1.29, 1.82) is 0 Å². The van der Waals surface area contributed by atoms with Crippen LogP contribution in [0.1, 0.15) is 5.82 Å². The van der Waals surface area contributed by atoms with Crippen molar-refractivity contribution >= 4 is 21.2 Å². The lowest BCUT2D eigenvalue weighted by Gasteiger charge is -2.12. The smallest absolute Gasteiger partial charge is 0.382 e. The lowest BCUT2D eigenvalue weighted by molar-refractivity contribution is -0.146. The Balaban J connectivity index is 1.88. The molecule has 0 amide bonds. The summed E-state index contributed by atoms with van der Waals surface area (Å²) in [6, 6.07) is 13.8. The molecule has 5 nitrogen and oxygen atoms in total. The number of halogens is 3. The summed E-state index contributed by atoms with van der Waals surface area (Å²) in [6.07, 6.45) is -4.69. The van der Waals surface area contributed by atoms with Gasteiger partial charge in [0.2, 0.25) is 5.82 Å². The van der Waals surface area contributed by atoms with Gasteiger partial charge in [-0.2, -0.15) is 21.6 Å². The predicted octanol–water partition coefficient (Wildman–Crippen LogP) is 3.46. The maximum Gasteiger partial charge on any atom is 0.449 e. The highest BCUT2D eigenvalue weighted by molar-refractivity contribution is 7.87. The fourth-order valence-corrected chi connectivity index (χ4v) is 3.28. The summed E-state index contributed by atoms with van der Waals surface area (Å²) in [5.41, 5.74) is 0.362. The summed E-state index contributed by atoms with van der Waals surface area (Å²) >= 11 is 0. The number of aryl methyl sites for hydroxylation is 1. The SMILES string of the molecule is O=S(=O)(CCn1c(C(F)(F)F)nc2ccccc21)Oc1ccccc1. The summed E-state index contributed by atoms with van der Waals surface area (Å²) in [4.78, 5) is 3.57. The van der Waals surface area contributed by atoms with Crippen LogP contribution in [0.4, 0.5) is 13.2 Å². The van der Waals surface area contributed by atoms with Crippen LogP contribution in [0.5, 0.6) is 5.75 Å². The minimum absolute atomic E-state index is 0.106. The van der Waals surface area contributed by atoms with Crippen LogP contribution in [-0.2, 0) is 22.8 Å². The first-order valence-electron chi connectivity index (χ1n) is 7.26. The molecule has 0 aliphatic heterocycles. The number of hydrogen-bond acceptors (Lipinski definition) is 4. The molecule has 3 rings (SSSR count). The monoisotopic (exact) mass is 370 g/mol. The third kappa shape index (κ3) is 3.93. The summed E-state index contributed by atoms with van der Waals surface area (Å²) in [6.45, 7) is -0.426. The van der Waals surface area contributed by atoms with Crippen LogP contribution in [0, 0.1) is 0 Å². The molecular weight excluding hydrogens is 357 g/mol. The average molecular weight is 370 g/mol. The maximum atomic E-state index is 13.2. The molecule has 0 saturated heterocycles. The third-order valence-corrected chi connectivity index (χ3v) is 4.57. The maximum absolute atomic E-state index is 13.2. The van der Waals surface area contributed by atoms with E-state index >= 15 is 0 Å². The standard InChI is InChI=1S/C16H13F3N2O3S/c17-16(18,19)15-20-13-8-4-5-9-14(13)21(15)10-11-25(22,23)24-12-6-2-1-3-7-12/h1-9H,10-11H2. The van der Waals surface area contributed by atoms with Crippen LogP contribution < -0.4 is 4.18 Å². The van der Waals surface area contributed by atoms with Gasteiger partial charge in [0.15, 0.2) is 0 Å². The molecule has 1 aromatic heterocycles. The van der Waals surface area contributed by atoms with Crippen molar-refractivity contribution in [2.45, 2.75) is 12.7 Å². The van der Waals surface area contributed by atoms with Gasteiger partial charge in [-0.3, -0.25) is 0 Å². The second-order valence-electron chi connectivity index (χ2n) is 5.23. The first-order chi connectivity index (χ1) is 11.8. The van der Waals surface area contributed by atoms with Crippen LogP contribution in [0.3, 0.4) is 0 Å². The van der Waals surface area contributed by atoms with Gasteiger partial charge in [-0.05, 0) is 24.3 Å². The van der Waals surface area contributed by atoms with Crippen molar-refractivity contribution in [1.82, 2.24) is 9.55 Å². The number of imidazole rings is 1. The number of aromatic nitrogens is 2. The van der Waals surface area contributed by atoms with Gasteiger partial charge in [0.05, 0.1) is 11.0 Å². The van der Waals surface area contributed by atoms with Crippen LogP contribution in [0.25, 0.3) is 11.0 Å². The molecular formula is C16H13F3N2O3S. The van der Waals surface area contributed by atoms with E-state index < -0.39 is 34.4 Å². The Labute approximate surface area is 141 Å². The van der Waals surface area contributed by atoms with Gasteiger partial charge in [-0.15, -0.1) is 0 Å². The molecule has 0 N–H and O–H groups in total. The Kier molecular flexibility index (Phi) is 4.42. The predicted molar refractivity (Wildman–Crippen MR) is 85.6 cm³/mol. The zero-order chi connectivity index (χ0) is 18.1. The highest BCUT2D eigenvalue weighted by atomic mass is 32.2. The van der Waals surface area contributed by atoms with Gasteiger partial charge < -0.3 is 8.75 Å². The summed E-state index contributed by atoms with van der Waals surface area (Å²) < 4.78 is 69.4. The largest absolute Gasteiger partial charge is 0.449 e. The topological polar surface area (TPSA) is 61.2 Å². The molecule has 0 bridgehead atoms. The van der Waals surface area contributed by atoms with Gasteiger partial charge >= 0.3 is 16.3 Å². The van der Waals surface area contributed by atoms with Gasteiger partial charge in [-0.25, -0.2) is 4.98 Å². The molecule has 3 aromatic rings. The lowest BCUT2D eigenvalue weighted by Crippen LogP contribution is -2.22. The van der Waals surface area contributed by atoms with Gasteiger partial charge in [0.1, 0.15) is 11.5 Å². The molecule has 0 spiro atoms. The molecule has 0 atom stereocenters. The van der Waals surface area contributed by atoms with Crippen molar-refractivity contribution in [3.8, 4) is 5.75 Å². The first-order valence-corrected chi connectivity index (χ1v) is 8.84. The second-order valence-corrected chi connectivity index (χ2v) is 6.92. The number of para-hydroxylation sites is 3. The summed E-state index contributed by atoms with van der Waals surface area (Å²) in [5.74, 6) is -1.65. The molecule has 0 aliphatic rings. The number of nitrogens with zero attached hydrogens (tertiary/aromatic N) is 2. The van der Waals surface area contributed by atoms with Crippen LogP contribution in [0.2, 0.25) is 0 Å². The van der Waals surface area contributed by atoms with Gasteiger partial charge in [-0.1, -0.05) is 30.3 Å². The third-order valence-electron chi connectivity index (χ3n) is 3.44. The van der Waals surface area contributed by atoms with Gasteiger partial charge in [0, 0.05) is 6.54 Å². The minimum atomic E-state index is -4.69. The van der Waals surface area contributed by atoms with E-state index in [9.17, 15) is 21.6 Å².